The summed E-state index contributed by atoms with van der Waals surface area (Å²) in [6.07, 6.45) is 0. The molecule has 0 aliphatic heterocycles. The lowest BCUT2D eigenvalue weighted by Gasteiger charge is -2.17. The molecular weight excluding hydrogens is 352 g/mol. The number of ether oxygens (including phenoxy) is 2. The van der Waals surface area contributed by atoms with Gasteiger partial charge in [0.2, 0.25) is 0 Å². The quantitative estimate of drug-likeness (QED) is 0.671. The van der Waals surface area contributed by atoms with E-state index in [1.807, 2.05) is 18.2 Å². The van der Waals surface area contributed by atoms with Gasteiger partial charge in [0.05, 0.1) is 19.6 Å². The van der Waals surface area contributed by atoms with Crippen LogP contribution in [0.15, 0.2) is 34.8 Å². The van der Waals surface area contributed by atoms with Crippen molar-refractivity contribution >= 4 is 27.5 Å². The van der Waals surface area contributed by atoms with Crippen molar-refractivity contribution in [2.24, 2.45) is 0 Å². The third-order valence-electron chi connectivity index (χ3n) is 3.52. The van der Waals surface area contributed by atoms with Gasteiger partial charge in [0.25, 0.3) is 0 Å². The molecule has 0 aliphatic carbocycles. The van der Waals surface area contributed by atoms with Crippen LogP contribution in [-0.2, 0) is 0 Å². The van der Waals surface area contributed by atoms with Crippen molar-refractivity contribution in [3.8, 4) is 11.5 Å². The van der Waals surface area contributed by atoms with Crippen molar-refractivity contribution in [3.05, 3.63) is 57.1 Å². The number of hydrogen-bond acceptors (Lipinski definition) is 2. The Labute approximate surface area is 139 Å². The number of hydrogen-bond donors (Lipinski definition) is 0. The average molecular weight is 370 g/mol. The molecule has 1 unspecified atom stereocenters. The summed E-state index contributed by atoms with van der Waals surface area (Å²) in [6, 6.07) is 9.99. The topological polar surface area (TPSA) is 18.5 Å². The minimum absolute atomic E-state index is 0.225. The van der Waals surface area contributed by atoms with Crippen LogP contribution in [0.1, 0.15) is 27.6 Å². The van der Waals surface area contributed by atoms with E-state index in [0.717, 1.165) is 21.2 Å². The van der Waals surface area contributed by atoms with Gasteiger partial charge in [0.1, 0.15) is 0 Å². The number of alkyl halides is 1. The summed E-state index contributed by atoms with van der Waals surface area (Å²) in [7, 11) is 3.25. The van der Waals surface area contributed by atoms with Gasteiger partial charge in [-0.05, 0) is 54.3 Å². The molecule has 2 nitrogen and oxygen atoms in total. The first kappa shape index (κ1) is 16.2. The van der Waals surface area contributed by atoms with Gasteiger partial charge >= 0.3 is 0 Å². The van der Waals surface area contributed by atoms with E-state index in [-0.39, 0.29) is 5.38 Å². The molecule has 112 valence electrons. The van der Waals surface area contributed by atoms with E-state index in [4.69, 9.17) is 21.1 Å². The Bertz CT molecular complexity index is 655. The zero-order chi connectivity index (χ0) is 15.6. The van der Waals surface area contributed by atoms with Crippen molar-refractivity contribution in [1.82, 2.24) is 0 Å². The zero-order valence-electron chi connectivity index (χ0n) is 12.5. The Morgan fingerprint density at radius 3 is 2.24 bits per heavy atom. The van der Waals surface area contributed by atoms with Gasteiger partial charge in [0.15, 0.2) is 11.5 Å². The molecule has 21 heavy (non-hydrogen) atoms. The van der Waals surface area contributed by atoms with E-state index in [0.29, 0.717) is 11.5 Å². The molecule has 0 spiro atoms. The van der Waals surface area contributed by atoms with Gasteiger partial charge in [-0.15, -0.1) is 11.6 Å². The van der Waals surface area contributed by atoms with E-state index in [9.17, 15) is 0 Å². The summed E-state index contributed by atoms with van der Waals surface area (Å²) in [5.41, 5.74) is 4.41. The third-order valence-corrected chi connectivity index (χ3v) is 4.86. The highest BCUT2D eigenvalue weighted by atomic mass is 79.9. The SMILES string of the molecule is COc1ccc(C(Cl)c2cc(C)c(Br)cc2C)cc1OC. The second-order valence-electron chi connectivity index (χ2n) is 4.93. The summed E-state index contributed by atoms with van der Waals surface area (Å²) in [4.78, 5) is 0. The molecule has 0 saturated carbocycles. The molecule has 0 aliphatic rings. The molecule has 1 atom stereocenters. The molecule has 0 N–H and O–H groups in total. The number of methoxy groups -OCH3 is 2. The molecule has 2 aromatic rings. The highest BCUT2D eigenvalue weighted by molar-refractivity contribution is 9.10. The lowest BCUT2D eigenvalue weighted by atomic mass is 9.98. The van der Waals surface area contributed by atoms with E-state index >= 15 is 0 Å². The summed E-state index contributed by atoms with van der Waals surface area (Å²) < 4.78 is 11.7. The van der Waals surface area contributed by atoms with Crippen LogP contribution in [0.3, 0.4) is 0 Å². The number of rotatable bonds is 4. The van der Waals surface area contributed by atoms with E-state index in [1.165, 1.54) is 5.56 Å². The predicted molar refractivity (Wildman–Crippen MR) is 90.9 cm³/mol. The maximum absolute atomic E-state index is 6.67. The van der Waals surface area contributed by atoms with Gasteiger partial charge in [-0.3, -0.25) is 0 Å². The largest absolute Gasteiger partial charge is 0.493 e. The first-order valence-electron chi connectivity index (χ1n) is 6.60. The lowest BCUT2D eigenvalue weighted by Crippen LogP contribution is -1.99. The Morgan fingerprint density at radius 2 is 1.62 bits per heavy atom. The van der Waals surface area contributed by atoms with Crippen molar-refractivity contribution in [3.63, 3.8) is 0 Å². The van der Waals surface area contributed by atoms with Crippen LogP contribution >= 0.6 is 27.5 Å². The second-order valence-corrected chi connectivity index (χ2v) is 6.23. The summed E-state index contributed by atoms with van der Waals surface area (Å²) >= 11 is 10.2. The van der Waals surface area contributed by atoms with Crippen LogP contribution in [0.4, 0.5) is 0 Å². The summed E-state index contributed by atoms with van der Waals surface area (Å²) in [5.74, 6) is 1.39. The Balaban J connectivity index is 2.45. The lowest BCUT2D eigenvalue weighted by molar-refractivity contribution is 0.354. The van der Waals surface area contributed by atoms with Crippen LogP contribution in [0.2, 0.25) is 0 Å². The fourth-order valence-electron chi connectivity index (χ4n) is 2.27. The molecule has 0 aromatic heterocycles. The van der Waals surface area contributed by atoms with Crippen molar-refractivity contribution in [2.75, 3.05) is 14.2 Å². The van der Waals surface area contributed by atoms with Gasteiger partial charge in [-0.2, -0.15) is 0 Å². The van der Waals surface area contributed by atoms with Crippen LogP contribution in [-0.4, -0.2) is 14.2 Å². The monoisotopic (exact) mass is 368 g/mol. The fraction of sp³-hybridized carbons (Fsp3) is 0.294. The first-order chi connectivity index (χ1) is 9.97. The Kier molecular flexibility index (Phi) is 5.17. The molecule has 2 aromatic carbocycles. The van der Waals surface area contributed by atoms with Crippen LogP contribution in [0, 0.1) is 13.8 Å². The molecule has 0 bridgehead atoms. The van der Waals surface area contributed by atoms with Crippen molar-refractivity contribution < 1.29 is 9.47 Å². The molecule has 0 heterocycles. The molecular formula is C17H18BrClO2. The molecule has 2 rings (SSSR count). The van der Waals surface area contributed by atoms with E-state index in [1.54, 1.807) is 14.2 Å². The third kappa shape index (κ3) is 3.35. The number of benzene rings is 2. The highest BCUT2D eigenvalue weighted by Crippen LogP contribution is 2.37. The zero-order valence-corrected chi connectivity index (χ0v) is 14.9. The van der Waals surface area contributed by atoms with Crippen molar-refractivity contribution in [2.45, 2.75) is 19.2 Å². The molecule has 0 radical (unpaired) electrons. The maximum Gasteiger partial charge on any atom is 0.161 e. The average Bonchev–Trinajstić information content (AvgIpc) is 2.49. The number of halogens is 2. The predicted octanol–water partition coefficient (Wildman–Crippen LogP) is 5.41. The standard InChI is InChI=1S/C17H18BrClO2/c1-10-8-14(18)11(2)7-13(10)17(19)12-5-6-15(20-3)16(9-12)21-4/h5-9,17H,1-4H3. The molecule has 4 heteroatoms. The highest BCUT2D eigenvalue weighted by Gasteiger charge is 2.16. The fourth-order valence-corrected chi connectivity index (χ4v) is 3.10. The van der Waals surface area contributed by atoms with Gasteiger partial charge in [-0.1, -0.05) is 28.1 Å². The normalized spacial score (nSPS) is 12.1. The molecule has 0 amide bonds. The van der Waals surface area contributed by atoms with Crippen LogP contribution in [0.25, 0.3) is 0 Å². The van der Waals surface area contributed by atoms with E-state index < -0.39 is 0 Å². The second kappa shape index (κ2) is 6.71. The smallest absolute Gasteiger partial charge is 0.161 e. The molecule has 0 saturated heterocycles. The minimum Gasteiger partial charge on any atom is -0.493 e. The first-order valence-corrected chi connectivity index (χ1v) is 7.83. The van der Waals surface area contributed by atoms with Gasteiger partial charge in [0, 0.05) is 4.47 Å². The van der Waals surface area contributed by atoms with Crippen molar-refractivity contribution in [1.29, 1.82) is 0 Å². The number of aryl methyl sites for hydroxylation is 2. The maximum atomic E-state index is 6.67. The van der Waals surface area contributed by atoms with E-state index in [2.05, 4.69) is 41.9 Å². The Morgan fingerprint density at radius 1 is 0.952 bits per heavy atom. The minimum atomic E-state index is -0.225. The van der Waals surface area contributed by atoms with Crippen LogP contribution in [0.5, 0.6) is 11.5 Å². The van der Waals surface area contributed by atoms with Gasteiger partial charge in [-0.25, -0.2) is 0 Å². The van der Waals surface area contributed by atoms with Crippen LogP contribution < -0.4 is 9.47 Å². The summed E-state index contributed by atoms with van der Waals surface area (Å²) in [6.45, 7) is 4.13. The summed E-state index contributed by atoms with van der Waals surface area (Å²) in [5, 5.41) is -0.225. The molecule has 0 fully saturated rings. The Hall–Kier alpha value is -1.19. The van der Waals surface area contributed by atoms with Gasteiger partial charge < -0.3 is 9.47 Å².